The quantitative estimate of drug-likeness (QED) is 0.0315. The predicted octanol–water partition coefficient (Wildman–Crippen LogP) is -11.0. The van der Waals surface area contributed by atoms with Gasteiger partial charge in [0.15, 0.2) is 31.5 Å². The summed E-state index contributed by atoms with van der Waals surface area (Å²) in [6.45, 7) is -2.24. The highest BCUT2D eigenvalue weighted by Gasteiger charge is 2.57. The molecule has 26 unspecified atom stereocenters. The third kappa shape index (κ3) is 15.1. The van der Waals surface area contributed by atoms with Crippen LogP contribution in [-0.2, 0) is 57.0 Å². The Labute approximate surface area is 417 Å². The van der Waals surface area contributed by atoms with E-state index < -0.39 is 205 Å². The molecule has 20 N–H and O–H groups in total. The molecular formula is C42H75N3O28. The number of hydrogen-bond acceptors (Lipinski definition) is 29. The van der Waals surface area contributed by atoms with E-state index in [2.05, 4.69) is 10.6 Å². The van der Waals surface area contributed by atoms with Crippen molar-refractivity contribution in [2.75, 3.05) is 39.6 Å². The van der Waals surface area contributed by atoms with Crippen LogP contribution in [0.25, 0.3) is 0 Å². The van der Waals surface area contributed by atoms with Gasteiger partial charge in [-0.05, 0) is 12.8 Å². The number of unbranched alkanes of at least 4 members (excludes halogenated alkanes) is 3. The Kier molecular flexibility index (Phi) is 24.1. The molecule has 0 aromatic heterocycles. The molecule has 0 bridgehead atoms. The number of aliphatic hydroxyl groups excluding tert-OH is 16. The largest absolute Gasteiger partial charge is 0.394 e. The number of ether oxygens (including phenoxy) is 10. The van der Waals surface area contributed by atoms with Crippen LogP contribution in [0.4, 0.5) is 0 Å². The second-order valence-electron chi connectivity index (χ2n) is 18.5. The first kappa shape index (κ1) is 61.7. The number of carbonyl (C=O) groups is 2. The predicted molar refractivity (Wildman–Crippen MR) is 233 cm³/mol. The molecule has 5 rings (SSSR count). The summed E-state index contributed by atoms with van der Waals surface area (Å²) < 4.78 is 57.1. The van der Waals surface area contributed by atoms with Crippen molar-refractivity contribution >= 4 is 11.8 Å². The van der Waals surface area contributed by atoms with Gasteiger partial charge in [0.25, 0.3) is 0 Å². The van der Waals surface area contributed by atoms with Crippen molar-refractivity contribution in [1.82, 2.24) is 10.6 Å². The first-order valence-corrected chi connectivity index (χ1v) is 24.0. The van der Waals surface area contributed by atoms with E-state index in [1.807, 2.05) is 0 Å². The zero-order valence-electron chi connectivity index (χ0n) is 40.0. The second-order valence-corrected chi connectivity index (χ2v) is 18.5. The normalized spacial score (nSPS) is 44.3. The van der Waals surface area contributed by atoms with Crippen LogP contribution in [-0.4, -0.2) is 299 Å². The zero-order chi connectivity index (χ0) is 54.0. The molecule has 5 aliphatic heterocycles. The van der Waals surface area contributed by atoms with Gasteiger partial charge in [0.05, 0.1) is 39.1 Å². The van der Waals surface area contributed by atoms with E-state index in [1.54, 1.807) is 0 Å². The molecule has 5 fully saturated rings. The van der Waals surface area contributed by atoms with Crippen LogP contribution < -0.4 is 16.4 Å². The smallest absolute Gasteiger partial charge is 0.217 e. The lowest BCUT2D eigenvalue weighted by molar-refractivity contribution is -0.389. The molecule has 31 nitrogen and oxygen atoms in total. The molecule has 2 amide bonds. The molecule has 31 heteroatoms. The summed E-state index contributed by atoms with van der Waals surface area (Å²) in [7, 11) is 0. The van der Waals surface area contributed by atoms with Crippen molar-refractivity contribution in [3.8, 4) is 0 Å². The zero-order valence-corrected chi connectivity index (χ0v) is 40.0. The minimum absolute atomic E-state index is 0.0392. The fourth-order valence-corrected chi connectivity index (χ4v) is 9.16. The number of rotatable bonds is 24. The first-order valence-electron chi connectivity index (χ1n) is 24.0. The number of hydrogen-bond donors (Lipinski definition) is 19. The highest BCUT2D eigenvalue weighted by atomic mass is 16.8. The summed E-state index contributed by atoms with van der Waals surface area (Å²) in [5.74, 6) is -1.15. The molecule has 0 saturated carbocycles. The Morgan fingerprint density at radius 1 is 0.466 bits per heavy atom. The van der Waals surface area contributed by atoms with Crippen LogP contribution >= 0.6 is 0 Å². The van der Waals surface area contributed by atoms with Gasteiger partial charge in [-0.15, -0.1) is 0 Å². The molecular weight excluding hydrogens is 994 g/mol. The maximum absolute atomic E-state index is 12.5. The molecule has 73 heavy (non-hydrogen) atoms. The molecule has 5 aliphatic rings. The van der Waals surface area contributed by atoms with Gasteiger partial charge < -0.3 is 145 Å². The fourth-order valence-electron chi connectivity index (χ4n) is 9.16. The van der Waals surface area contributed by atoms with Gasteiger partial charge in [-0.3, -0.25) is 9.59 Å². The summed E-state index contributed by atoms with van der Waals surface area (Å²) >= 11 is 0. The fraction of sp³-hybridized carbons (Fsp3) is 0.952. The Balaban J connectivity index is 1.23. The summed E-state index contributed by atoms with van der Waals surface area (Å²) in [6.07, 6.45) is -42.4. The van der Waals surface area contributed by atoms with E-state index in [4.69, 9.17) is 53.1 Å². The molecule has 0 radical (unpaired) electrons. The minimum Gasteiger partial charge on any atom is -0.394 e. The maximum Gasteiger partial charge on any atom is 0.217 e. The molecule has 5 heterocycles. The van der Waals surface area contributed by atoms with Crippen LogP contribution in [0.2, 0.25) is 0 Å². The number of amides is 2. The van der Waals surface area contributed by atoms with Crippen molar-refractivity contribution in [3.05, 3.63) is 0 Å². The Morgan fingerprint density at radius 2 is 0.877 bits per heavy atom. The summed E-state index contributed by atoms with van der Waals surface area (Å²) in [4.78, 5) is 23.9. The highest BCUT2D eigenvalue weighted by molar-refractivity contribution is 5.73. The van der Waals surface area contributed by atoms with E-state index in [9.17, 15) is 91.3 Å². The molecule has 0 aliphatic carbocycles. The standard InChI is InChI=1S/C42H75N3O28/c1-14(51)44-16(37(43)63)7-5-3-4-6-8-64-39-30(60)27(57)33(20(12-49)68-39)70-41-31(61)28(58)34(21(13-50)69-41)71-42-32(62)36(25(55)19(11-48)67-42)73-38-22(45-15(2)52)35(24(54)18(10-47)65-38)72-40-29(59)26(56)23(53)17(9-46)66-40/h16-42,46-50,53-63H,3-13,43H2,1-2H3,(H,44,51)(H,45,52)/t16-,17?,18?,19?,20?,21?,22?,23?,24?,25?,26?,27?,28?,29?,30?,31?,32?,33?,34?,35?,36?,37?,38?,39?,40?,41?,42?/m0/s1. The van der Waals surface area contributed by atoms with E-state index in [0.717, 1.165) is 6.92 Å². The van der Waals surface area contributed by atoms with Gasteiger partial charge in [0, 0.05) is 20.5 Å². The Bertz CT molecular complexity index is 1660. The minimum atomic E-state index is -2.17. The third-order valence-corrected chi connectivity index (χ3v) is 13.2. The summed E-state index contributed by atoms with van der Waals surface area (Å²) in [5.41, 5.74) is 5.52. The van der Waals surface area contributed by atoms with Crippen molar-refractivity contribution in [3.63, 3.8) is 0 Å². The number of carbonyl (C=O) groups excluding carboxylic acids is 2. The molecule has 0 aromatic carbocycles. The average Bonchev–Trinajstić information content (AvgIpc) is 3.35. The number of nitrogens with one attached hydrogen (secondary N) is 2. The highest BCUT2D eigenvalue weighted by Crippen LogP contribution is 2.36. The van der Waals surface area contributed by atoms with Crippen molar-refractivity contribution in [1.29, 1.82) is 0 Å². The van der Waals surface area contributed by atoms with Gasteiger partial charge in [0.2, 0.25) is 11.8 Å². The van der Waals surface area contributed by atoms with Crippen LogP contribution in [0.5, 0.6) is 0 Å². The topological polar surface area (TPSA) is 500 Å². The van der Waals surface area contributed by atoms with E-state index in [1.165, 1.54) is 6.92 Å². The third-order valence-electron chi connectivity index (χ3n) is 13.2. The van der Waals surface area contributed by atoms with Gasteiger partial charge >= 0.3 is 0 Å². The molecule has 27 atom stereocenters. The first-order chi connectivity index (χ1) is 34.6. The van der Waals surface area contributed by atoms with Gasteiger partial charge in [-0.1, -0.05) is 19.3 Å². The number of nitrogens with two attached hydrogens (primary N) is 1. The summed E-state index contributed by atoms with van der Waals surface area (Å²) in [6, 6.07) is -2.31. The van der Waals surface area contributed by atoms with Crippen LogP contribution in [0, 0.1) is 0 Å². The lowest BCUT2D eigenvalue weighted by Gasteiger charge is -2.50. The maximum atomic E-state index is 12.5. The van der Waals surface area contributed by atoms with Crippen LogP contribution in [0.3, 0.4) is 0 Å². The van der Waals surface area contributed by atoms with E-state index >= 15 is 0 Å². The Morgan fingerprint density at radius 3 is 1.38 bits per heavy atom. The average molecular weight is 1070 g/mol. The SMILES string of the molecule is CC(=O)NC1C(OC2C(O)C(CO)OC(OC3C(CO)OC(OC4C(CO)OC(OCCCCCC[C@H](NC(C)=O)C(N)O)C(O)C4O)C(O)C3O)C2O)OC(CO)C(O)C1OC1OC(CO)C(O)C(O)C1O. The van der Waals surface area contributed by atoms with E-state index in [-0.39, 0.29) is 12.5 Å². The lowest BCUT2D eigenvalue weighted by Crippen LogP contribution is -2.70. The van der Waals surface area contributed by atoms with Gasteiger partial charge in [-0.25, -0.2) is 0 Å². The second kappa shape index (κ2) is 28.5. The lowest BCUT2D eigenvalue weighted by atomic mass is 9.94. The van der Waals surface area contributed by atoms with Gasteiger partial charge in [-0.2, -0.15) is 0 Å². The van der Waals surface area contributed by atoms with Crippen LogP contribution in [0.1, 0.15) is 46.0 Å². The Hall–Kier alpha value is -2.14. The summed E-state index contributed by atoms with van der Waals surface area (Å²) in [5, 5.41) is 175. The van der Waals surface area contributed by atoms with Gasteiger partial charge in [0.1, 0.15) is 128 Å². The molecule has 0 aromatic rings. The monoisotopic (exact) mass is 1070 g/mol. The molecule has 5 saturated heterocycles. The van der Waals surface area contributed by atoms with E-state index in [0.29, 0.717) is 32.1 Å². The van der Waals surface area contributed by atoms with Crippen molar-refractivity contribution < 1.29 is 139 Å². The molecule has 426 valence electrons. The van der Waals surface area contributed by atoms with Crippen molar-refractivity contribution in [2.45, 2.75) is 212 Å². The number of aliphatic hydroxyl groups is 16. The van der Waals surface area contributed by atoms with Crippen LogP contribution in [0.15, 0.2) is 0 Å². The van der Waals surface area contributed by atoms with Crippen molar-refractivity contribution in [2.24, 2.45) is 5.73 Å². The molecule has 0 spiro atoms.